The number of hydrogen-bond acceptors (Lipinski definition) is 6. The van der Waals surface area contributed by atoms with Crippen LogP contribution in [0.4, 0.5) is 0 Å². The van der Waals surface area contributed by atoms with E-state index in [1.807, 2.05) is 36.6 Å². The highest BCUT2D eigenvalue weighted by molar-refractivity contribution is 7.10. The maximum absolute atomic E-state index is 13.1. The fourth-order valence-corrected chi connectivity index (χ4v) is 4.11. The number of Topliss-reactive ketones (excluding diaryl/α,β-unsaturated/α-hetero) is 2. The number of aliphatic hydroxyl groups excluding tert-OH is 1. The molecule has 2 unspecified atom stereocenters. The Hall–Kier alpha value is -2.35. The molecule has 27 heavy (non-hydrogen) atoms. The fourth-order valence-electron chi connectivity index (χ4n) is 3.23. The van der Waals surface area contributed by atoms with Gasteiger partial charge in [-0.1, -0.05) is 35.9 Å². The standard InChI is InChI=1S/C20H21NO5S/c1-13-4-6-14(7-5-13)18(23)16-17(15-3-2-12-27-15)21(20(25)19(16)24)8-10-26-11-9-22/h2-7,12,16-17,22H,8-11H2,1H3. The Morgan fingerprint density at radius 2 is 1.93 bits per heavy atom. The smallest absolute Gasteiger partial charge is 0.291 e. The highest BCUT2D eigenvalue weighted by atomic mass is 32.1. The second kappa shape index (κ2) is 8.56. The van der Waals surface area contributed by atoms with Crippen molar-refractivity contribution in [1.82, 2.24) is 4.90 Å². The van der Waals surface area contributed by atoms with Crippen LogP contribution in [0, 0.1) is 12.8 Å². The summed E-state index contributed by atoms with van der Waals surface area (Å²) in [4.78, 5) is 40.6. The third-order valence-corrected chi connectivity index (χ3v) is 5.51. The zero-order valence-corrected chi connectivity index (χ0v) is 15.8. The van der Waals surface area contributed by atoms with E-state index in [1.54, 1.807) is 12.1 Å². The number of carbonyl (C=O) groups is 3. The van der Waals surface area contributed by atoms with Crippen molar-refractivity contribution in [3.05, 3.63) is 57.8 Å². The van der Waals surface area contributed by atoms with E-state index < -0.39 is 23.7 Å². The van der Waals surface area contributed by atoms with E-state index in [9.17, 15) is 14.4 Å². The number of likely N-dealkylation sites (tertiary alicyclic amines) is 1. The number of carbonyl (C=O) groups excluding carboxylic acids is 3. The van der Waals surface area contributed by atoms with Crippen molar-refractivity contribution in [1.29, 1.82) is 0 Å². The number of ether oxygens (including phenoxy) is 1. The molecular weight excluding hydrogens is 366 g/mol. The Kier molecular flexibility index (Phi) is 6.15. The van der Waals surface area contributed by atoms with E-state index in [0.717, 1.165) is 10.4 Å². The number of benzene rings is 1. The zero-order valence-electron chi connectivity index (χ0n) is 15.0. The van der Waals surface area contributed by atoms with Gasteiger partial charge in [0, 0.05) is 17.0 Å². The summed E-state index contributed by atoms with van der Waals surface area (Å²) in [6, 6.07) is 10.0. The minimum absolute atomic E-state index is 0.115. The van der Waals surface area contributed by atoms with Crippen molar-refractivity contribution in [2.75, 3.05) is 26.4 Å². The number of amides is 1. The first-order valence-electron chi connectivity index (χ1n) is 8.72. The van der Waals surface area contributed by atoms with E-state index in [-0.39, 0.29) is 32.1 Å². The lowest BCUT2D eigenvalue weighted by atomic mass is 9.89. The fraction of sp³-hybridized carbons (Fsp3) is 0.350. The summed E-state index contributed by atoms with van der Waals surface area (Å²) in [5, 5.41) is 10.7. The monoisotopic (exact) mass is 387 g/mol. The SMILES string of the molecule is Cc1ccc(C(=O)C2C(=O)C(=O)N(CCOCCO)C2c2cccs2)cc1. The molecule has 0 radical (unpaired) electrons. The first-order chi connectivity index (χ1) is 13.0. The molecule has 1 aromatic carbocycles. The average molecular weight is 387 g/mol. The van der Waals surface area contributed by atoms with Crippen LogP contribution in [-0.2, 0) is 14.3 Å². The maximum Gasteiger partial charge on any atom is 0.291 e. The Labute approximate surface area is 161 Å². The van der Waals surface area contributed by atoms with E-state index in [1.165, 1.54) is 16.2 Å². The van der Waals surface area contributed by atoms with Crippen molar-refractivity contribution >= 4 is 28.8 Å². The molecule has 0 spiro atoms. The molecule has 1 aliphatic heterocycles. The van der Waals surface area contributed by atoms with Crippen LogP contribution in [-0.4, -0.2) is 53.8 Å². The first-order valence-corrected chi connectivity index (χ1v) is 9.60. The molecule has 1 aliphatic rings. The van der Waals surface area contributed by atoms with Gasteiger partial charge < -0.3 is 14.7 Å². The van der Waals surface area contributed by atoms with Gasteiger partial charge in [0.1, 0.15) is 5.92 Å². The highest BCUT2D eigenvalue weighted by Gasteiger charge is 2.51. The predicted octanol–water partition coefficient (Wildman–Crippen LogP) is 2.02. The summed E-state index contributed by atoms with van der Waals surface area (Å²) in [6.45, 7) is 2.33. The van der Waals surface area contributed by atoms with Crippen LogP contribution >= 0.6 is 11.3 Å². The van der Waals surface area contributed by atoms with Gasteiger partial charge in [-0.3, -0.25) is 14.4 Å². The molecule has 2 atom stereocenters. The lowest BCUT2D eigenvalue weighted by molar-refractivity contribution is -0.141. The van der Waals surface area contributed by atoms with Crippen LogP contribution in [0.1, 0.15) is 26.8 Å². The van der Waals surface area contributed by atoms with Crippen LogP contribution in [0.25, 0.3) is 0 Å². The minimum Gasteiger partial charge on any atom is -0.394 e. The molecule has 1 saturated heterocycles. The van der Waals surface area contributed by atoms with Crippen molar-refractivity contribution in [3.63, 3.8) is 0 Å². The van der Waals surface area contributed by atoms with E-state index >= 15 is 0 Å². The van der Waals surface area contributed by atoms with Crippen molar-refractivity contribution in [2.24, 2.45) is 5.92 Å². The quantitative estimate of drug-likeness (QED) is 0.324. The largest absolute Gasteiger partial charge is 0.394 e. The summed E-state index contributed by atoms with van der Waals surface area (Å²) < 4.78 is 5.25. The van der Waals surface area contributed by atoms with Gasteiger partial charge in [0.2, 0.25) is 5.78 Å². The lowest BCUT2D eigenvalue weighted by Gasteiger charge is -2.25. The van der Waals surface area contributed by atoms with Gasteiger partial charge in [-0.25, -0.2) is 0 Å². The van der Waals surface area contributed by atoms with Gasteiger partial charge in [0.15, 0.2) is 5.78 Å². The Balaban J connectivity index is 1.91. The number of thiophene rings is 1. The van der Waals surface area contributed by atoms with Gasteiger partial charge >= 0.3 is 0 Å². The van der Waals surface area contributed by atoms with Gasteiger partial charge in [-0.15, -0.1) is 11.3 Å². The van der Waals surface area contributed by atoms with Crippen LogP contribution in [0.5, 0.6) is 0 Å². The molecule has 2 heterocycles. The second-order valence-electron chi connectivity index (χ2n) is 6.37. The molecular formula is C20H21NO5S. The van der Waals surface area contributed by atoms with Crippen LogP contribution in [0.2, 0.25) is 0 Å². The summed E-state index contributed by atoms with van der Waals surface area (Å²) >= 11 is 1.41. The summed E-state index contributed by atoms with van der Waals surface area (Å²) in [5.41, 5.74) is 1.43. The average Bonchev–Trinajstić information content (AvgIpc) is 3.27. The van der Waals surface area contributed by atoms with Gasteiger partial charge in [0.05, 0.1) is 25.9 Å². The molecule has 0 aliphatic carbocycles. The molecule has 142 valence electrons. The van der Waals surface area contributed by atoms with E-state index in [0.29, 0.717) is 5.56 Å². The molecule has 1 N–H and O–H groups in total. The van der Waals surface area contributed by atoms with Gasteiger partial charge in [0.25, 0.3) is 5.91 Å². The van der Waals surface area contributed by atoms with Crippen LogP contribution < -0.4 is 0 Å². The third-order valence-electron chi connectivity index (χ3n) is 4.57. The highest BCUT2D eigenvalue weighted by Crippen LogP contribution is 2.39. The molecule has 0 bridgehead atoms. The lowest BCUT2D eigenvalue weighted by Crippen LogP contribution is -2.33. The van der Waals surface area contributed by atoms with Crippen molar-refractivity contribution in [3.8, 4) is 0 Å². The van der Waals surface area contributed by atoms with Crippen LogP contribution in [0.3, 0.4) is 0 Å². The Bertz CT molecular complexity index is 815. The summed E-state index contributed by atoms with van der Waals surface area (Å²) in [6.07, 6.45) is 0. The molecule has 1 amide bonds. The number of nitrogens with zero attached hydrogens (tertiary/aromatic N) is 1. The molecule has 1 fully saturated rings. The topological polar surface area (TPSA) is 83.9 Å². The minimum atomic E-state index is -1.06. The number of aryl methyl sites for hydroxylation is 1. The van der Waals surface area contributed by atoms with Crippen molar-refractivity contribution in [2.45, 2.75) is 13.0 Å². The number of aliphatic hydroxyl groups is 1. The zero-order chi connectivity index (χ0) is 19.4. The number of ketones is 2. The Morgan fingerprint density at radius 1 is 1.19 bits per heavy atom. The number of rotatable bonds is 8. The normalized spacial score (nSPS) is 19.7. The van der Waals surface area contributed by atoms with Gasteiger partial charge in [-0.2, -0.15) is 0 Å². The third kappa shape index (κ3) is 4.00. The van der Waals surface area contributed by atoms with Crippen LogP contribution in [0.15, 0.2) is 41.8 Å². The van der Waals surface area contributed by atoms with Gasteiger partial charge in [-0.05, 0) is 18.4 Å². The molecule has 1 aromatic heterocycles. The predicted molar refractivity (Wildman–Crippen MR) is 101 cm³/mol. The van der Waals surface area contributed by atoms with Crippen molar-refractivity contribution < 1.29 is 24.2 Å². The maximum atomic E-state index is 13.1. The summed E-state index contributed by atoms with van der Waals surface area (Å²) in [7, 11) is 0. The molecule has 0 saturated carbocycles. The first kappa shape index (κ1) is 19.4. The molecule has 6 nitrogen and oxygen atoms in total. The second-order valence-corrected chi connectivity index (χ2v) is 7.35. The molecule has 2 aromatic rings. The summed E-state index contributed by atoms with van der Waals surface area (Å²) in [5.74, 6) is -2.74. The number of hydrogen-bond donors (Lipinski definition) is 1. The molecule has 7 heteroatoms. The van der Waals surface area contributed by atoms with E-state index in [4.69, 9.17) is 9.84 Å². The molecule has 3 rings (SSSR count). The van der Waals surface area contributed by atoms with E-state index in [2.05, 4.69) is 0 Å². The Morgan fingerprint density at radius 3 is 2.56 bits per heavy atom.